The lowest BCUT2D eigenvalue weighted by Gasteiger charge is -2.74. The van der Waals surface area contributed by atoms with Crippen molar-refractivity contribution in [2.75, 3.05) is 0 Å². The van der Waals surface area contributed by atoms with Gasteiger partial charge < -0.3 is 0 Å². The fourth-order valence-corrected chi connectivity index (χ4v) is 12.0. The molecule has 1 heterocycles. The summed E-state index contributed by atoms with van der Waals surface area (Å²) >= 11 is 0. The van der Waals surface area contributed by atoms with Crippen LogP contribution in [-0.4, -0.2) is 15.0 Å². The SMILES string of the molecule is c1ccc(-c2nc(-c3ccc(-c4ccc5ccccc5c4)cc3)nc(-c3ccc(C45CC6CC7C8CC(CC74)CC5C8C6)cc3)n2)cc1. The summed E-state index contributed by atoms with van der Waals surface area (Å²) in [6.45, 7) is 0. The molecule has 8 bridgehead atoms. The van der Waals surface area contributed by atoms with E-state index in [2.05, 4.69) is 115 Å². The monoisotopic (exact) mass is 621 g/mol. The Morgan fingerprint density at radius 3 is 1.60 bits per heavy atom. The molecule has 7 fully saturated rings. The highest BCUT2D eigenvalue weighted by molar-refractivity contribution is 5.87. The van der Waals surface area contributed by atoms with Crippen molar-refractivity contribution in [3.05, 3.63) is 127 Å². The van der Waals surface area contributed by atoms with Gasteiger partial charge >= 0.3 is 0 Å². The van der Waals surface area contributed by atoms with Gasteiger partial charge in [0, 0.05) is 22.1 Å². The van der Waals surface area contributed by atoms with Gasteiger partial charge in [0.1, 0.15) is 0 Å². The van der Waals surface area contributed by atoms with Gasteiger partial charge in [0.2, 0.25) is 0 Å². The lowest BCUT2D eigenvalue weighted by Crippen LogP contribution is -2.69. The third-order valence-electron chi connectivity index (χ3n) is 13.6. The van der Waals surface area contributed by atoms with Crippen LogP contribution in [-0.2, 0) is 5.41 Å². The summed E-state index contributed by atoms with van der Waals surface area (Å²) in [5.41, 5.74) is 7.50. The Bertz CT molecular complexity index is 2160. The normalized spacial score (nSPS) is 30.7. The first-order valence-electron chi connectivity index (χ1n) is 18.2. The molecule has 234 valence electrons. The first kappa shape index (κ1) is 27.3. The third-order valence-corrected chi connectivity index (χ3v) is 13.6. The van der Waals surface area contributed by atoms with E-state index in [9.17, 15) is 0 Å². The maximum absolute atomic E-state index is 5.12. The number of hydrogen-bond acceptors (Lipinski definition) is 3. The maximum atomic E-state index is 5.12. The fourth-order valence-electron chi connectivity index (χ4n) is 12.0. The Hall–Kier alpha value is -4.63. The third kappa shape index (κ3) is 3.97. The van der Waals surface area contributed by atoms with Crippen molar-refractivity contribution < 1.29 is 0 Å². The van der Waals surface area contributed by atoms with E-state index in [1.807, 2.05) is 6.07 Å². The van der Waals surface area contributed by atoms with E-state index in [1.54, 1.807) is 12.0 Å². The molecule has 0 amide bonds. The van der Waals surface area contributed by atoms with E-state index < -0.39 is 0 Å². The molecule has 7 aliphatic carbocycles. The van der Waals surface area contributed by atoms with Gasteiger partial charge in [-0.3, -0.25) is 0 Å². The van der Waals surface area contributed by atoms with Crippen molar-refractivity contribution in [3.8, 4) is 45.3 Å². The average Bonchev–Trinajstić information content (AvgIpc) is 3.16. The van der Waals surface area contributed by atoms with Crippen LogP contribution in [0.1, 0.15) is 44.1 Å². The van der Waals surface area contributed by atoms with Crippen LogP contribution in [0.25, 0.3) is 56.1 Å². The Morgan fingerprint density at radius 2 is 0.938 bits per heavy atom. The summed E-state index contributed by atoms with van der Waals surface area (Å²) in [7, 11) is 0. The molecule has 0 saturated heterocycles. The second kappa shape index (κ2) is 10.2. The molecule has 1 aromatic heterocycles. The summed E-state index contributed by atoms with van der Waals surface area (Å²) in [6.07, 6.45) is 8.97. The molecule has 7 aliphatic rings. The van der Waals surface area contributed by atoms with E-state index in [1.165, 1.54) is 54.0 Å². The van der Waals surface area contributed by atoms with E-state index in [0.717, 1.165) is 63.9 Å². The van der Waals surface area contributed by atoms with Crippen molar-refractivity contribution in [1.82, 2.24) is 15.0 Å². The zero-order chi connectivity index (χ0) is 31.4. The van der Waals surface area contributed by atoms with Crippen LogP contribution >= 0.6 is 0 Å². The summed E-state index contributed by atoms with van der Waals surface area (Å²) in [4.78, 5) is 15.2. The standard InChI is InChI=1S/C45H39N3/c1-2-7-31(8-3-1)42-46-43(32-13-10-30(11-14-32)35-15-12-29-6-4-5-9-34(29)25-35)48-44(47-42)33-16-18-36(19-17-33)45-26-28-21-38-37-20-27(23-40(38)45)24-41(45)39(37)22-28/h1-19,25,27-28,37-41H,20-24,26H2. The van der Waals surface area contributed by atoms with Gasteiger partial charge in [0.25, 0.3) is 0 Å². The molecule has 0 N–H and O–H groups in total. The van der Waals surface area contributed by atoms with Gasteiger partial charge in [-0.15, -0.1) is 0 Å². The second-order valence-corrected chi connectivity index (χ2v) is 15.7. The zero-order valence-corrected chi connectivity index (χ0v) is 27.2. The molecule has 48 heavy (non-hydrogen) atoms. The van der Waals surface area contributed by atoms with E-state index in [4.69, 9.17) is 15.0 Å². The predicted octanol–water partition coefficient (Wildman–Crippen LogP) is 10.7. The van der Waals surface area contributed by atoms with Gasteiger partial charge in [-0.05, 0) is 113 Å². The number of aromatic nitrogens is 3. The lowest BCUT2D eigenvalue weighted by atomic mass is 9.30. The molecule has 4 atom stereocenters. The minimum absolute atomic E-state index is 0.411. The number of hydrogen-bond donors (Lipinski definition) is 0. The van der Waals surface area contributed by atoms with Crippen molar-refractivity contribution in [2.45, 2.75) is 43.9 Å². The Morgan fingerprint density at radius 1 is 0.417 bits per heavy atom. The molecule has 3 heteroatoms. The van der Waals surface area contributed by atoms with Crippen LogP contribution in [0.5, 0.6) is 0 Å². The smallest absolute Gasteiger partial charge is 0.164 e. The molecule has 13 rings (SSSR count). The largest absolute Gasteiger partial charge is 0.208 e. The van der Waals surface area contributed by atoms with Crippen LogP contribution < -0.4 is 0 Å². The van der Waals surface area contributed by atoms with Crippen molar-refractivity contribution in [2.24, 2.45) is 41.4 Å². The highest BCUT2D eigenvalue weighted by atomic mass is 15.0. The Balaban J connectivity index is 0.963. The van der Waals surface area contributed by atoms with Crippen LogP contribution in [0.3, 0.4) is 0 Å². The highest BCUT2D eigenvalue weighted by Gasteiger charge is 2.70. The van der Waals surface area contributed by atoms with E-state index in [0.29, 0.717) is 17.1 Å². The zero-order valence-electron chi connectivity index (χ0n) is 27.2. The number of rotatable bonds is 5. The lowest BCUT2D eigenvalue weighted by molar-refractivity contribution is -0.220. The average molecular weight is 622 g/mol. The van der Waals surface area contributed by atoms with Crippen molar-refractivity contribution in [1.29, 1.82) is 0 Å². The summed E-state index contributed by atoms with van der Waals surface area (Å²) in [6, 6.07) is 43.8. The fraction of sp³-hybridized carbons (Fsp3) is 0.311. The summed E-state index contributed by atoms with van der Waals surface area (Å²) < 4.78 is 0. The minimum atomic E-state index is 0.411. The summed E-state index contributed by atoms with van der Waals surface area (Å²) in [5.74, 6) is 8.95. The van der Waals surface area contributed by atoms with Crippen molar-refractivity contribution in [3.63, 3.8) is 0 Å². The maximum Gasteiger partial charge on any atom is 0.164 e. The molecule has 3 nitrogen and oxygen atoms in total. The van der Waals surface area contributed by atoms with Crippen LogP contribution in [0.4, 0.5) is 0 Å². The Kier molecular flexibility index (Phi) is 5.80. The predicted molar refractivity (Wildman–Crippen MR) is 193 cm³/mol. The first-order valence-corrected chi connectivity index (χ1v) is 18.2. The minimum Gasteiger partial charge on any atom is -0.208 e. The molecule has 7 saturated carbocycles. The van der Waals surface area contributed by atoms with E-state index >= 15 is 0 Å². The van der Waals surface area contributed by atoms with Gasteiger partial charge in [-0.25, -0.2) is 15.0 Å². The molecule has 0 aliphatic heterocycles. The molecule has 0 radical (unpaired) electrons. The number of benzene rings is 5. The van der Waals surface area contributed by atoms with Gasteiger partial charge in [0.05, 0.1) is 0 Å². The Labute approximate surface area is 282 Å². The molecule has 6 aromatic rings. The van der Waals surface area contributed by atoms with Crippen LogP contribution in [0.15, 0.2) is 121 Å². The topological polar surface area (TPSA) is 38.7 Å². The summed E-state index contributed by atoms with van der Waals surface area (Å²) in [5, 5.41) is 2.51. The van der Waals surface area contributed by atoms with Crippen molar-refractivity contribution >= 4 is 10.8 Å². The number of nitrogens with zero attached hydrogens (tertiary/aromatic N) is 3. The highest BCUT2D eigenvalue weighted by Crippen LogP contribution is 2.76. The molecule has 5 aromatic carbocycles. The molecule has 0 spiro atoms. The molecular formula is C45H39N3. The van der Waals surface area contributed by atoms with E-state index in [-0.39, 0.29) is 0 Å². The van der Waals surface area contributed by atoms with Gasteiger partial charge in [-0.2, -0.15) is 0 Å². The first-order chi connectivity index (χ1) is 23.7. The quantitative estimate of drug-likeness (QED) is 0.192. The van der Waals surface area contributed by atoms with Crippen LogP contribution in [0.2, 0.25) is 0 Å². The van der Waals surface area contributed by atoms with Gasteiger partial charge in [-0.1, -0.05) is 115 Å². The second-order valence-electron chi connectivity index (χ2n) is 15.7. The van der Waals surface area contributed by atoms with Crippen LogP contribution in [0, 0.1) is 41.4 Å². The van der Waals surface area contributed by atoms with Gasteiger partial charge in [0.15, 0.2) is 17.5 Å². The molecule has 4 unspecified atom stereocenters. The molecular weight excluding hydrogens is 583 g/mol. The number of fused-ring (bicyclic) bond motifs is 1.